The number of para-hydroxylation sites is 1. The Morgan fingerprint density at radius 3 is 2.57 bits per heavy atom. The second kappa shape index (κ2) is 12.2. The number of hydrogen-bond donors (Lipinski definition) is 2. The van der Waals surface area contributed by atoms with Gasteiger partial charge in [0.25, 0.3) is 0 Å². The predicted molar refractivity (Wildman–Crippen MR) is 133 cm³/mol. The summed E-state index contributed by atoms with van der Waals surface area (Å²) in [6.07, 6.45) is 6.56. The maximum absolute atomic E-state index is 5.23. The standard InChI is InChI=1S/C23H29N5O.HI/c1-18(19-8-10-21(29-3)11-9-19)12-13-26-23(24-2)27-16-20-6-4-5-7-22(20)28-15-14-25-17-28;/h4-11,14-15,17-18H,12-13,16H2,1-3H3,(H2,24,26,27);1H. The molecule has 1 aromatic heterocycles. The van der Waals surface area contributed by atoms with Crippen molar-refractivity contribution in [3.8, 4) is 11.4 Å². The first-order valence-corrected chi connectivity index (χ1v) is 9.86. The van der Waals surface area contributed by atoms with Gasteiger partial charge in [0, 0.05) is 32.5 Å². The SMILES string of the molecule is CN=C(NCCC(C)c1ccc(OC)cc1)NCc1ccccc1-n1ccnc1.I. The second-order valence-corrected chi connectivity index (χ2v) is 6.91. The highest BCUT2D eigenvalue weighted by molar-refractivity contribution is 14.0. The topological polar surface area (TPSA) is 63.5 Å². The fraction of sp³-hybridized carbons (Fsp3) is 0.304. The summed E-state index contributed by atoms with van der Waals surface area (Å²) in [7, 11) is 3.48. The van der Waals surface area contributed by atoms with Gasteiger partial charge in [0.15, 0.2) is 5.96 Å². The van der Waals surface area contributed by atoms with Crippen LogP contribution in [0.1, 0.15) is 30.4 Å². The molecule has 0 radical (unpaired) electrons. The molecule has 3 rings (SSSR count). The molecule has 2 aromatic carbocycles. The first-order chi connectivity index (χ1) is 14.2. The average Bonchev–Trinajstić information content (AvgIpc) is 3.31. The van der Waals surface area contributed by atoms with Gasteiger partial charge >= 0.3 is 0 Å². The molecule has 1 heterocycles. The van der Waals surface area contributed by atoms with Crippen molar-refractivity contribution in [3.63, 3.8) is 0 Å². The number of halogens is 1. The maximum Gasteiger partial charge on any atom is 0.191 e. The zero-order valence-electron chi connectivity index (χ0n) is 17.7. The summed E-state index contributed by atoms with van der Waals surface area (Å²) in [4.78, 5) is 8.49. The number of benzene rings is 2. The molecule has 160 valence electrons. The number of rotatable bonds is 8. The number of nitrogens with zero attached hydrogens (tertiary/aromatic N) is 3. The summed E-state index contributed by atoms with van der Waals surface area (Å²) in [5, 5.41) is 6.82. The summed E-state index contributed by atoms with van der Waals surface area (Å²) < 4.78 is 7.25. The Morgan fingerprint density at radius 1 is 1.13 bits per heavy atom. The Bertz CT molecular complexity index is 910. The van der Waals surface area contributed by atoms with Crippen molar-refractivity contribution in [1.29, 1.82) is 0 Å². The normalized spacial score (nSPS) is 12.0. The molecule has 2 N–H and O–H groups in total. The van der Waals surface area contributed by atoms with E-state index in [9.17, 15) is 0 Å². The molecule has 1 unspecified atom stereocenters. The third kappa shape index (κ3) is 6.48. The maximum atomic E-state index is 5.23. The van der Waals surface area contributed by atoms with Crippen LogP contribution in [-0.4, -0.2) is 36.2 Å². The van der Waals surface area contributed by atoms with E-state index in [2.05, 4.69) is 51.8 Å². The van der Waals surface area contributed by atoms with E-state index in [-0.39, 0.29) is 24.0 Å². The van der Waals surface area contributed by atoms with E-state index in [1.807, 2.05) is 41.4 Å². The lowest BCUT2D eigenvalue weighted by atomic mass is 9.98. The Kier molecular flexibility index (Phi) is 9.66. The van der Waals surface area contributed by atoms with Crippen molar-refractivity contribution in [2.45, 2.75) is 25.8 Å². The van der Waals surface area contributed by atoms with E-state index < -0.39 is 0 Å². The fourth-order valence-corrected chi connectivity index (χ4v) is 3.22. The second-order valence-electron chi connectivity index (χ2n) is 6.91. The highest BCUT2D eigenvalue weighted by Crippen LogP contribution is 2.21. The molecule has 0 fully saturated rings. The van der Waals surface area contributed by atoms with Crippen LogP contribution in [-0.2, 0) is 6.54 Å². The van der Waals surface area contributed by atoms with E-state index in [1.54, 1.807) is 20.4 Å². The summed E-state index contributed by atoms with van der Waals surface area (Å²) in [5.74, 6) is 2.14. The number of imidazole rings is 1. The Balaban J connectivity index is 0.00000320. The smallest absolute Gasteiger partial charge is 0.191 e. The molecular formula is C23H30IN5O. The van der Waals surface area contributed by atoms with Crippen molar-refractivity contribution in [3.05, 3.63) is 78.4 Å². The largest absolute Gasteiger partial charge is 0.497 e. The molecule has 1 atom stereocenters. The first kappa shape index (κ1) is 23.7. The van der Waals surface area contributed by atoms with E-state index in [0.29, 0.717) is 12.5 Å². The van der Waals surface area contributed by atoms with E-state index in [0.717, 1.165) is 30.4 Å². The average molecular weight is 519 g/mol. The van der Waals surface area contributed by atoms with Crippen LogP contribution >= 0.6 is 24.0 Å². The molecule has 0 spiro atoms. The fourth-order valence-electron chi connectivity index (χ4n) is 3.22. The number of aromatic nitrogens is 2. The highest BCUT2D eigenvalue weighted by Gasteiger charge is 2.08. The van der Waals surface area contributed by atoms with Gasteiger partial charge in [-0.1, -0.05) is 37.3 Å². The molecule has 3 aromatic rings. The van der Waals surface area contributed by atoms with Crippen LogP contribution in [0.4, 0.5) is 0 Å². The summed E-state index contributed by atoms with van der Waals surface area (Å²) >= 11 is 0. The number of hydrogen-bond acceptors (Lipinski definition) is 3. The van der Waals surface area contributed by atoms with Gasteiger partial charge in [0.05, 0.1) is 19.1 Å². The van der Waals surface area contributed by atoms with Gasteiger partial charge in [0.1, 0.15) is 5.75 Å². The lowest BCUT2D eigenvalue weighted by Crippen LogP contribution is -2.37. The van der Waals surface area contributed by atoms with E-state index in [1.165, 1.54) is 11.1 Å². The van der Waals surface area contributed by atoms with Gasteiger partial charge in [-0.05, 0) is 41.7 Å². The highest BCUT2D eigenvalue weighted by atomic mass is 127. The van der Waals surface area contributed by atoms with Crippen LogP contribution < -0.4 is 15.4 Å². The van der Waals surface area contributed by atoms with Crippen LogP contribution in [0.5, 0.6) is 5.75 Å². The molecule has 0 aliphatic heterocycles. The summed E-state index contributed by atoms with van der Waals surface area (Å²) in [6.45, 7) is 3.76. The molecule has 30 heavy (non-hydrogen) atoms. The Labute approximate surface area is 195 Å². The van der Waals surface area contributed by atoms with Gasteiger partial charge in [-0.2, -0.15) is 0 Å². The minimum absolute atomic E-state index is 0. The number of aliphatic imine (C=N–C) groups is 1. The van der Waals surface area contributed by atoms with Gasteiger partial charge in [-0.3, -0.25) is 4.99 Å². The molecule has 0 aliphatic rings. The minimum Gasteiger partial charge on any atom is -0.497 e. The predicted octanol–water partition coefficient (Wildman–Crippen LogP) is 4.36. The van der Waals surface area contributed by atoms with E-state index >= 15 is 0 Å². The summed E-state index contributed by atoms with van der Waals surface area (Å²) in [5.41, 5.74) is 3.60. The molecule has 0 saturated carbocycles. The van der Waals surface area contributed by atoms with Crippen molar-refractivity contribution in [2.24, 2.45) is 4.99 Å². The summed E-state index contributed by atoms with van der Waals surface area (Å²) in [6, 6.07) is 16.6. The van der Waals surface area contributed by atoms with Gasteiger partial charge in [0.2, 0.25) is 0 Å². The van der Waals surface area contributed by atoms with Gasteiger partial charge in [-0.15, -0.1) is 24.0 Å². The van der Waals surface area contributed by atoms with Crippen LogP contribution in [0.2, 0.25) is 0 Å². The zero-order valence-corrected chi connectivity index (χ0v) is 20.0. The minimum atomic E-state index is 0. The third-order valence-electron chi connectivity index (χ3n) is 5.00. The lowest BCUT2D eigenvalue weighted by Gasteiger charge is -2.16. The molecule has 0 bridgehead atoms. The zero-order chi connectivity index (χ0) is 20.5. The van der Waals surface area contributed by atoms with Crippen molar-refractivity contribution < 1.29 is 4.74 Å². The molecule has 0 amide bonds. The van der Waals surface area contributed by atoms with Crippen molar-refractivity contribution in [1.82, 2.24) is 20.2 Å². The van der Waals surface area contributed by atoms with Crippen LogP contribution in [0.25, 0.3) is 5.69 Å². The monoisotopic (exact) mass is 519 g/mol. The molecule has 7 heteroatoms. The third-order valence-corrected chi connectivity index (χ3v) is 5.00. The van der Waals surface area contributed by atoms with Gasteiger partial charge < -0.3 is 19.9 Å². The van der Waals surface area contributed by atoms with Gasteiger partial charge in [-0.25, -0.2) is 4.98 Å². The first-order valence-electron chi connectivity index (χ1n) is 9.86. The number of nitrogens with one attached hydrogen (secondary N) is 2. The Hall–Kier alpha value is -2.55. The Morgan fingerprint density at radius 2 is 1.90 bits per heavy atom. The molecule has 0 saturated heterocycles. The molecular weight excluding hydrogens is 489 g/mol. The van der Waals surface area contributed by atoms with Crippen LogP contribution in [0.3, 0.4) is 0 Å². The number of methoxy groups -OCH3 is 1. The van der Waals surface area contributed by atoms with Crippen molar-refractivity contribution >= 4 is 29.9 Å². The number of guanidine groups is 1. The van der Waals surface area contributed by atoms with E-state index in [4.69, 9.17) is 4.74 Å². The number of ether oxygens (including phenoxy) is 1. The quantitative estimate of drug-likeness (QED) is 0.264. The van der Waals surface area contributed by atoms with Crippen LogP contribution in [0.15, 0.2) is 72.2 Å². The molecule has 6 nitrogen and oxygen atoms in total. The van der Waals surface area contributed by atoms with Crippen LogP contribution in [0, 0.1) is 0 Å². The van der Waals surface area contributed by atoms with Crippen molar-refractivity contribution in [2.75, 3.05) is 20.7 Å². The lowest BCUT2D eigenvalue weighted by molar-refractivity contribution is 0.414. The molecule has 0 aliphatic carbocycles.